The summed E-state index contributed by atoms with van der Waals surface area (Å²) in [5, 5.41) is 25.0. The number of aliphatic hydroxyl groups excluding tert-OH is 1. The van der Waals surface area contributed by atoms with Crippen LogP contribution in [0.2, 0.25) is 0 Å². The molecule has 0 spiro atoms. The van der Waals surface area contributed by atoms with Crippen LogP contribution in [0.5, 0.6) is 0 Å². The Labute approximate surface area is 274 Å². The Morgan fingerprint density at radius 2 is 1.77 bits per heavy atom. The van der Waals surface area contributed by atoms with E-state index < -0.39 is 17.4 Å². The highest BCUT2D eigenvalue weighted by atomic mass is 16.5. The number of carbonyl (C=O) groups excluding carboxylic acids is 4. The van der Waals surface area contributed by atoms with E-state index in [1.807, 2.05) is 30.3 Å². The van der Waals surface area contributed by atoms with Gasteiger partial charge in [-0.3, -0.25) is 19.2 Å². The number of fused-ring (bicyclic) bond motifs is 2. The lowest BCUT2D eigenvalue weighted by atomic mass is 9.82. The van der Waals surface area contributed by atoms with E-state index in [1.54, 1.807) is 66.4 Å². The summed E-state index contributed by atoms with van der Waals surface area (Å²) in [6, 6.07) is 21.3. The van der Waals surface area contributed by atoms with Crippen molar-refractivity contribution < 1.29 is 34.1 Å². The molecule has 3 atom stereocenters. The maximum atomic E-state index is 14.0. The number of aliphatic hydroxyl groups is 2. The summed E-state index contributed by atoms with van der Waals surface area (Å²) in [5.74, 6) is -2.08. The van der Waals surface area contributed by atoms with Crippen molar-refractivity contribution in [2.24, 2.45) is 5.92 Å². The lowest BCUT2D eigenvalue weighted by Crippen LogP contribution is -2.46. The van der Waals surface area contributed by atoms with Gasteiger partial charge in [0.05, 0.1) is 25.4 Å². The van der Waals surface area contributed by atoms with Gasteiger partial charge in [0.15, 0.2) is 5.60 Å². The maximum absolute atomic E-state index is 14.0. The minimum atomic E-state index is -1.97. The summed E-state index contributed by atoms with van der Waals surface area (Å²) in [5.41, 5.74) is 1.95. The van der Waals surface area contributed by atoms with E-state index in [9.17, 15) is 29.4 Å². The molecule has 0 aromatic heterocycles. The first kappa shape index (κ1) is 33.6. The van der Waals surface area contributed by atoms with Crippen molar-refractivity contribution in [3.63, 3.8) is 0 Å². The third-order valence-corrected chi connectivity index (χ3v) is 9.07. The number of hydrogen-bond acceptors (Lipinski definition) is 7. The quantitative estimate of drug-likeness (QED) is 0.152. The van der Waals surface area contributed by atoms with E-state index in [2.05, 4.69) is 5.32 Å². The molecular weight excluding hydrogens is 598 g/mol. The van der Waals surface area contributed by atoms with Crippen molar-refractivity contribution in [1.29, 1.82) is 0 Å². The highest BCUT2D eigenvalue weighted by Crippen LogP contribution is 2.46. The van der Waals surface area contributed by atoms with Gasteiger partial charge in [-0.05, 0) is 60.7 Å². The highest BCUT2D eigenvalue weighted by Gasteiger charge is 2.52. The van der Waals surface area contributed by atoms with E-state index >= 15 is 0 Å². The van der Waals surface area contributed by atoms with Crippen molar-refractivity contribution in [2.45, 2.75) is 57.2 Å². The van der Waals surface area contributed by atoms with Gasteiger partial charge in [0.25, 0.3) is 11.8 Å². The molecule has 2 aliphatic heterocycles. The number of hydrogen-bond donors (Lipinski definition) is 3. The number of amides is 3. The van der Waals surface area contributed by atoms with Gasteiger partial charge in [0, 0.05) is 48.7 Å². The second kappa shape index (κ2) is 14.7. The monoisotopic (exact) mass is 639 g/mol. The molecule has 3 aromatic carbocycles. The van der Waals surface area contributed by atoms with Crippen molar-refractivity contribution >= 4 is 35.1 Å². The number of nitrogens with one attached hydrogen (secondary N) is 1. The van der Waals surface area contributed by atoms with Gasteiger partial charge in [-0.1, -0.05) is 61.5 Å². The van der Waals surface area contributed by atoms with E-state index in [0.29, 0.717) is 48.3 Å². The van der Waals surface area contributed by atoms with E-state index in [-0.39, 0.29) is 49.8 Å². The smallest absolute Gasteiger partial charge is 0.305 e. The number of ether oxygens (including phenoxy) is 1. The molecule has 5 rings (SSSR count). The molecule has 0 radical (unpaired) electrons. The maximum Gasteiger partial charge on any atom is 0.305 e. The van der Waals surface area contributed by atoms with Crippen molar-refractivity contribution in [2.75, 3.05) is 30.5 Å². The SMILES string of the molecule is COC(=O)CCCCN1C(=O)[C@](O)([C@H](C)/C=C/CC(=O)N2Cc3ccccc3C[C@H]2CO)c2cc(NC(=O)c3ccccc3)ccc21. The molecule has 246 valence electrons. The third-order valence-electron chi connectivity index (χ3n) is 9.07. The number of methoxy groups -OCH3 is 1. The molecule has 2 heterocycles. The Bertz CT molecular complexity index is 1660. The Balaban J connectivity index is 1.35. The molecule has 3 aromatic rings. The molecule has 2 aliphatic rings. The Hall–Kier alpha value is -4.80. The van der Waals surface area contributed by atoms with E-state index in [0.717, 1.165) is 11.1 Å². The molecule has 3 N–H and O–H groups in total. The Kier molecular flexibility index (Phi) is 10.5. The van der Waals surface area contributed by atoms with Crippen LogP contribution in [0.3, 0.4) is 0 Å². The number of rotatable bonds is 12. The molecule has 0 aliphatic carbocycles. The third kappa shape index (κ3) is 7.13. The lowest BCUT2D eigenvalue weighted by molar-refractivity contribution is -0.140. The van der Waals surface area contributed by atoms with Crippen LogP contribution in [0.15, 0.2) is 84.9 Å². The summed E-state index contributed by atoms with van der Waals surface area (Å²) >= 11 is 0. The van der Waals surface area contributed by atoms with Crippen molar-refractivity contribution in [3.05, 3.63) is 107 Å². The number of esters is 1. The first-order chi connectivity index (χ1) is 22.7. The van der Waals surface area contributed by atoms with Gasteiger partial charge < -0.3 is 30.1 Å². The summed E-state index contributed by atoms with van der Waals surface area (Å²) in [4.78, 5) is 55.0. The predicted molar refractivity (Wildman–Crippen MR) is 177 cm³/mol. The number of benzene rings is 3. The van der Waals surface area contributed by atoms with Crippen molar-refractivity contribution in [3.8, 4) is 0 Å². The second-order valence-corrected chi connectivity index (χ2v) is 12.1. The summed E-state index contributed by atoms with van der Waals surface area (Å²) in [6.07, 6.45) is 5.16. The van der Waals surface area contributed by atoms with E-state index in [4.69, 9.17) is 4.74 Å². The van der Waals surface area contributed by atoms with Crippen LogP contribution in [0.1, 0.15) is 59.7 Å². The fourth-order valence-corrected chi connectivity index (χ4v) is 6.35. The normalized spacial score (nSPS) is 19.3. The number of anilines is 2. The Morgan fingerprint density at radius 1 is 1.04 bits per heavy atom. The second-order valence-electron chi connectivity index (χ2n) is 12.1. The Morgan fingerprint density at radius 3 is 2.49 bits per heavy atom. The molecule has 0 bridgehead atoms. The molecule has 0 unspecified atom stereocenters. The average Bonchev–Trinajstić information content (AvgIpc) is 3.31. The van der Waals surface area contributed by atoms with Crippen LogP contribution in [0, 0.1) is 5.92 Å². The van der Waals surface area contributed by atoms with Crippen LogP contribution in [0.25, 0.3) is 0 Å². The van der Waals surface area contributed by atoms with Gasteiger partial charge in [-0.25, -0.2) is 0 Å². The summed E-state index contributed by atoms with van der Waals surface area (Å²) < 4.78 is 4.72. The summed E-state index contributed by atoms with van der Waals surface area (Å²) in [6.45, 7) is 2.24. The molecule has 0 saturated heterocycles. The van der Waals surface area contributed by atoms with Crippen molar-refractivity contribution in [1.82, 2.24) is 4.90 Å². The number of unbranched alkanes of at least 4 members (excludes halogenated alkanes) is 1. The zero-order valence-electron chi connectivity index (χ0n) is 26.7. The fourth-order valence-electron chi connectivity index (χ4n) is 6.35. The first-order valence-corrected chi connectivity index (χ1v) is 15.9. The molecule has 0 fully saturated rings. The molecular formula is C37H41N3O7. The average molecular weight is 640 g/mol. The van der Waals surface area contributed by atoms with Crippen LogP contribution in [-0.4, -0.2) is 65.1 Å². The van der Waals surface area contributed by atoms with Crippen LogP contribution in [-0.2, 0) is 37.7 Å². The van der Waals surface area contributed by atoms with Gasteiger partial charge in [-0.15, -0.1) is 0 Å². The van der Waals surface area contributed by atoms with Gasteiger partial charge >= 0.3 is 5.97 Å². The zero-order chi connectivity index (χ0) is 33.6. The molecule has 0 saturated carbocycles. The first-order valence-electron chi connectivity index (χ1n) is 15.9. The summed E-state index contributed by atoms with van der Waals surface area (Å²) in [7, 11) is 1.33. The lowest BCUT2D eigenvalue weighted by Gasteiger charge is -2.36. The fraction of sp³-hybridized carbons (Fsp3) is 0.351. The van der Waals surface area contributed by atoms with Crippen LogP contribution in [0.4, 0.5) is 11.4 Å². The number of carbonyl (C=O) groups is 4. The topological polar surface area (TPSA) is 136 Å². The largest absolute Gasteiger partial charge is 0.469 e. The number of nitrogens with zero attached hydrogens (tertiary/aromatic N) is 2. The van der Waals surface area contributed by atoms with Crippen LogP contribution >= 0.6 is 0 Å². The molecule has 10 heteroatoms. The highest BCUT2D eigenvalue weighted by molar-refractivity contribution is 6.09. The molecule has 3 amide bonds. The predicted octanol–water partition coefficient (Wildman–Crippen LogP) is 4.34. The molecule has 47 heavy (non-hydrogen) atoms. The standard InChI is InChI=1S/C37H41N3O7/c1-25(11-10-16-33(42)40-23-28-15-7-6-14-27(28)21-30(40)24-41)37(46)31-22-29(38-35(44)26-12-4-3-5-13-26)18-19-32(31)39(36(37)45)20-9-8-17-34(43)47-2/h3-7,10-15,18-19,22,25,30,41,46H,8-9,16-17,20-21,23-24H2,1-2H3,(H,38,44)/b11-10+/t25-,30+,37+/m1/s1. The van der Waals surface area contributed by atoms with E-state index in [1.165, 1.54) is 12.0 Å². The van der Waals surface area contributed by atoms with Gasteiger partial charge in [0.2, 0.25) is 5.91 Å². The van der Waals surface area contributed by atoms with Crippen LogP contribution < -0.4 is 10.2 Å². The minimum absolute atomic E-state index is 0.0323. The van der Waals surface area contributed by atoms with Gasteiger partial charge in [0.1, 0.15) is 0 Å². The molecule has 10 nitrogen and oxygen atoms in total. The zero-order valence-corrected chi connectivity index (χ0v) is 26.7. The van der Waals surface area contributed by atoms with Gasteiger partial charge in [-0.2, -0.15) is 0 Å². The minimum Gasteiger partial charge on any atom is -0.469 e.